The van der Waals surface area contributed by atoms with Crippen LogP contribution in [0.25, 0.3) is 0 Å². The molecule has 1 unspecified atom stereocenters. The molecular weight excluding hydrogens is 358 g/mol. The van der Waals surface area contributed by atoms with Crippen molar-refractivity contribution in [3.8, 4) is 0 Å². The molecule has 6 heteroatoms. The number of aliphatic hydroxyl groups excluding tert-OH is 1. The van der Waals surface area contributed by atoms with Gasteiger partial charge in [-0.15, -0.1) is 0 Å². The maximum absolute atomic E-state index is 13.5. The summed E-state index contributed by atoms with van der Waals surface area (Å²) in [5, 5.41) is 23.2. The molecule has 0 amide bonds. The van der Waals surface area contributed by atoms with E-state index in [2.05, 4.69) is 18.4 Å². The van der Waals surface area contributed by atoms with Crippen LogP contribution in [-0.2, 0) is 14.3 Å². The van der Waals surface area contributed by atoms with Crippen molar-refractivity contribution in [3.05, 3.63) is 12.2 Å². The summed E-state index contributed by atoms with van der Waals surface area (Å²) in [7, 11) is 0. The van der Waals surface area contributed by atoms with Crippen LogP contribution in [0.4, 0.5) is 0 Å². The van der Waals surface area contributed by atoms with Crippen LogP contribution in [0.2, 0.25) is 0 Å². The second kappa shape index (κ2) is 4.14. The summed E-state index contributed by atoms with van der Waals surface area (Å²) in [4.78, 5) is 27.8. The number of ether oxygens (including phenoxy) is 1. The molecule has 0 aromatic rings. The zero-order valence-electron chi connectivity index (χ0n) is 16.4. The lowest BCUT2D eigenvalue weighted by molar-refractivity contribution is -0.255. The van der Waals surface area contributed by atoms with Gasteiger partial charge in [0, 0.05) is 42.7 Å². The number of esters is 1. The normalized spacial score (nSPS) is 66.7. The molecule has 0 radical (unpaired) electrons. The largest absolute Gasteiger partial charge is 0.459 e. The van der Waals surface area contributed by atoms with Gasteiger partial charge in [0.25, 0.3) is 0 Å². The van der Waals surface area contributed by atoms with E-state index in [0.717, 1.165) is 18.4 Å². The first kappa shape index (κ1) is 16.5. The minimum absolute atomic E-state index is 0.0636. The van der Waals surface area contributed by atoms with Gasteiger partial charge in [-0.1, -0.05) is 19.1 Å². The van der Waals surface area contributed by atoms with Gasteiger partial charge in [-0.25, -0.2) is 0 Å². The fourth-order valence-corrected chi connectivity index (χ4v) is 10.6. The molecule has 28 heavy (non-hydrogen) atoms. The van der Waals surface area contributed by atoms with E-state index in [9.17, 15) is 19.8 Å². The van der Waals surface area contributed by atoms with E-state index >= 15 is 0 Å². The minimum Gasteiger partial charge on any atom is -0.459 e. The van der Waals surface area contributed by atoms with E-state index in [0.29, 0.717) is 19.4 Å². The first-order valence-electron chi connectivity index (χ1n) is 10.7. The van der Waals surface area contributed by atoms with E-state index in [1.165, 1.54) is 6.92 Å². The first-order chi connectivity index (χ1) is 13.1. The van der Waals surface area contributed by atoms with Crippen molar-refractivity contribution in [2.24, 2.45) is 39.9 Å². The van der Waals surface area contributed by atoms with Gasteiger partial charge in [-0.3, -0.25) is 14.5 Å². The molecule has 12 atom stereocenters. The number of ketones is 1. The third kappa shape index (κ3) is 1.25. The van der Waals surface area contributed by atoms with Gasteiger partial charge in [0.1, 0.15) is 17.6 Å². The monoisotopic (exact) mass is 385 g/mol. The summed E-state index contributed by atoms with van der Waals surface area (Å²) >= 11 is 0. The lowest BCUT2D eigenvalue weighted by Crippen LogP contribution is -2.69. The van der Waals surface area contributed by atoms with Crippen molar-refractivity contribution in [2.75, 3.05) is 6.54 Å². The molecule has 0 aromatic heterocycles. The maximum Gasteiger partial charge on any atom is 0.303 e. The van der Waals surface area contributed by atoms with E-state index < -0.39 is 23.3 Å². The Balaban J connectivity index is 1.54. The molecule has 2 N–H and O–H groups in total. The van der Waals surface area contributed by atoms with Crippen LogP contribution in [0.5, 0.6) is 0 Å². The number of carbonyl (C=O) groups excluding carboxylic acids is 2. The Morgan fingerprint density at radius 3 is 2.86 bits per heavy atom. The molecular formula is C22H27NO5. The van der Waals surface area contributed by atoms with Crippen LogP contribution in [-0.4, -0.2) is 57.4 Å². The fraction of sp³-hybridized carbons (Fsp3) is 0.818. The van der Waals surface area contributed by atoms with Crippen LogP contribution in [0, 0.1) is 39.9 Å². The van der Waals surface area contributed by atoms with E-state index in [-0.39, 0.29) is 52.3 Å². The van der Waals surface area contributed by atoms with Crippen LogP contribution in [0.15, 0.2) is 12.2 Å². The second-order valence-electron chi connectivity index (χ2n) is 11.3. The standard InChI is InChI=1S/C22H27NO5/c1-9-5-20-7-21(27)18-19(3)6-12(25)17(28-10(2)24)22(18)13(20)4-11(9)15(26)14(20)16(22)23(21)8-19/h11-14,16-18,25,27H,1,4-8H2,2-3H3/t11-,12-,13-,14+,16+,17+,18-,19-,20+,21+,22-/m0/s1. The number of fused-ring (bicyclic) bond motifs is 1. The van der Waals surface area contributed by atoms with Gasteiger partial charge in [-0.05, 0) is 42.4 Å². The number of carbonyl (C=O) groups is 2. The molecule has 3 aliphatic heterocycles. The van der Waals surface area contributed by atoms with Gasteiger partial charge in [-0.2, -0.15) is 0 Å². The number of aliphatic hydroxyl groups is 2. The first-order valence-corrected chi connectivity index (χ1v) is 10.7. The highest BCUT2D eigenvalue weighted by atomic mass is 16.6. The van der Waals surface area contributed by atoms with Crippen molar-refractivity contribution in [1.29, 1.82) is 0 Å². The Hall–Kier alpha value is -1.24. The number of allylic oxidation sites excluding steroid dienone is 1. The lowest BCUT2D eigenvalue weighted by atomic mass is 9.39. The summed E-state index contributed by atoms with van der Waals surface area (Å²) in [6, 6.07) is -0.126. The average Bonchev–Trinajstić information content (AvgIpc) is 2.93. The van der Waals surface area contributed by atoms with Gasteiger partial charge >= 0.3 is 5.97 Å². The zero-order valence-corrected chi connectivity index (χ0v) is 16.4. The highest BCUT2D eigenvalue weighted by Crippen LogP contribution is 2.88. The molecule has 9 bridgehead atoms. The smallest absolute Gasteiger partial charge is 0.303 e. The summed E-state index contributed by atoms with van der Waals surface area (Å²) < 4.78 is 5.86. The van der Waals surface area contributed by atoms with E-state index in [4.69, 9.17) is 4.74 Å². The van der Waals surface area contributed by atoms with E-state index in [1.54, 1.807) is 0 Å². The van der Waals surface area contributed by atoms with Crippen LogP contribution < -0.4 is 0 Å². The molecule has 2 spiro atoms. The van der Waals surface area contributed by atoms with Gasteiger partial charge in [0.05, 0.1) is 6.10 Å². The third-order valence-corrected chi connectivity index (χ3v) is 10.3. The molecule has 6 saturated carbocycles. The summed E-state index contributed by atoms with van der Waals surface area (Å²) in [5.41, 5.74) is -0.977. The predicted molar refractivity (Wildman–Crippen MR) is 96.6 cm³/mol. The molecule has 0 aromatic carbocycles. The lowest BCUT2D eigenvalue weighted by Gasteiger charge is -2.65. The molecule has 9 fully saturated rings. The van der Waals surface area contributed by atoms with Crippen molar-refractivity contribution in [1.82, 2.24) is 4.90 Å². The van der Waals surface area contributed by atoms with E-state index in [1.807, 2.05) is 0 Å². The molecule has 150 valence electrons. The quantitative estimate of drug-likeness (QED) is 0.514. The molecule has 6 aliphatic carbocycles. The topological polar surface area (TPSA) is 87.1 Å². The van der Waals surface area contributed by atoms with Crippen LogP contribution >= 0.6 is 0 Å². The number of hydrogen-bond donors (Lipinski definition) is 2. The number of Topliss-reactive ketones (excluding diaryl/α,β-unsaturated/α-hetero) is 1. The number of nitrogens with zero attached hydrogens (tertiary/aromatic N) is 1. The fourth-order valence-electron chi connectivity index (χ4n) is 10.6. The molecule has 6 nitrogen and oxygen atoms in total. The Morgan fingerprint density at radius 1 is 1.39 bits per heavy atom. The minimum atomic E-state index is -0.963. The number of hydrogen-bond acceptors (Lipinski definition) is 6. The zero-order chi connectivity index (χ0) is 19.6. The SMILES string of the molecule is C=C1C[C@]23C[C@@]4(O)[C@@H]5[C@@]6(C)C[C@H](O)[C@@H](OC(C)=O)[C@]57[C@@H]([C@H]2C(=O)[C@H]1C[C@@H]37)N4C6. The highest BCUT2D eigenvalue weighted by Gasteiger charge is 2.95. The van der Waals surface area contributed by atoms with Crippen LogP contribution in [0.1, 0.15) is 39.5 Å². The Labute approximate surface area is 163 Å². The number of piperidine rings is 2. The summed E-state index contributed by atoms with van der Waals surface area (Å²) in [6.45, 7) is 8.51. The molecule has 3 heterocycles. The third-order valence-electron chi connectivity index (χ3n) is 10.3. The average molecular weight is 385 g/mol. The van der Waals surface area contributed by atoms with Crippen molar-refractivity contribution >= 4 is 11.8 Å². The summed E-state index contributed by atoms with van der Waals surface area (Å²) in [6.07, 6.45) is 1.29. The molecule has 3 saturated heterocycles. The van der Waals surface area contributed by atoms with Gasteiger partial charge < -0.3 is 14.9 Å². The van der Waals surface area contributed by atoms with Crippen molar-refractivity contribution in [2.45, 2.75) is 63.5 Å². The Kier molecular flexibility index (Phi) is 2.45. The highest BCUT2D eigenvalue weighted by molar-refractivity contribution is 5.92. The summed E-state index contributed by atoms with van der Waals surface area (Å²) in [5.74, 6) is -0.207. The van der Waals surface area contributed by atoms with Crippen molar-refractivity contribution in [3.63, 3.8) is 0 Å². The van der Waals surface area contributed by atoms with Gasteiger partial charge in [0.15, 0.2) is 0 Å². The maximum atomic E-state index is 13.5. The predicted octanol–water partition coefficient (Wildman–Crippen LogP) is 0.863. The Bertz CT molecular complexity index is 901. The molecule has 9 aliphatic rings. The second-order valence-corrected chi connectivity index (χ2v) is 11.3. The van der Waals surface area contributed by atoms with Crippen molar-refractivity contribution < 1.29 is 24.5 Å². The Morgan fingerprint density at radius 2 is 2.14 bits per heavy atom. The molecule has 9 rings (SSSR count). The number of rotatable bonds is 1. The van der Waals surface area contributed by atoms with Crippen LogP contribution in [0.3, 0.4) is 0 Å². The van der Waals surface area contributed by atoms with Gasteiger partial charge in [0.2, 0.25) is 0 Å².